The van der Waals surface area contributed by atoms with Crippen molar-refractivity contribution in [3.05, 3.63) is 83.2 Å². The molecule has 3 aromatic rings. The highest BCUT2D eigenvalue weighted by Gasteiger charge is 2.30. The minimum absolute atomic E-state index is 0.0213. The van der Waals surface area contributed by atoms with Gasteiger partial charge in [0.25, 0.3) is 5.91 Å². The molecule has 8 heteroatoms. The normalized spacial score (nSPS) is 15.4. The molecule has 1 saturated heterocycles. The van der Waals surface area contributed by atoms with E-state index in [1.165, 1.54) is 12.3 Å². The maximum atomic E-state index is 13.9. The third-order valence-electron chi connectivity index (χ3n) is 5.80. The number of anilines is 1. The quantitative estimate of drug-likeness (QED) is 0.621. The third-order valence-corrected chi connectivity index (χ3v) is 5.80. The van der Waals surface area contributed by atoms with Gasteiger partial charge >= 0.3 is 0 Å². The number of likely N-dealkylation sites (tertiary alicyclic amines) is 1. The first-order valence-corrected chi connectivity index (χ1v) is 10.7. The summed E-state index contributed by atoms with van der Waals surface area (Å²) in [5.74, 6) is 0.507. The van der Waals surface area contributed by atoms with Crippen LogP contribution in [0.5, 0.6) is 5.75 Å². The second-order valence-corrected chi connectivity index (χ2v) is 8.00. The van der Waals surface area contributed by atoms with Gasteiger partial charge in [0.1, 0.15) is 17.4 Å². The molecule has 1 N–H and O–H groups in total. The number of methoxy groups -OCH3 is 1. The van der Waals surface area contributed by atoms with Gasteiger partial charge in [0.05, 0.1) is 24.8 Å². The van der Waals surface area contributed by atoms with Crippen LogP contribution in [0.25, 0.3) is 0 Å². The molecule has 1 aliphatic heterocycles. The maximum absolute atomic E-state index is 13.9. The van der Waals surface area contributed by atoms with Crippen molar-refractivity contribution in [2.75, 3.05) is 25.5 Å². The Hall–Kier alpha value is -3.81. The Morgan fingerprint density at radius 3 is 2.64 bits per heavy atom. The van der Waals surface area contributed by atoms with Crippen molar-refractivity contribution >= 4 is 17.5 Å². The number of rotatable bonds is 6. The van der Waals surface area contributed by atoms with E-state index in [1.54, 1.807) is 61.4 Å². The lowest BCUT2D eigenvalue weighted by atomic mass is 10.1. The summed E-state index contributed by atoms with van der Waals surface area (Å²) in [6.45, 7) is 2.81. The average Bonchev–Trinajstić information content (AvgIpc) is 3.31. The summed E-state index contributed by atoms with van der Waals surface area (Å²) in [6.07, 6.45) is 2.28. The van der Waals surface area contributed by atoms with Crippen molar-refractivity contribution in [1.29, 1.82) is 0 Å². The molecule has 2 aromatic carbocycles. The van der Waals surface area contributed by atoms with Crippen LogP contribution in [-0.4, -0.2) is 46.9 Å². The number of aryl methyl sites for hydroxylation is 1. The van der Waals surface area contributed by atoms with Gasteiger partial charge in [-0.05, 0) is 49.2 Å². The zero-order chi connectivity index (χ0) is 23.4. The highest BCUT2D eigenvalue weighted by Crippen LogP contribution is 2.26. The number of amides is 2. The topological polar surface area (TPSA) is 84.4 Å². The number of halogens is 1. The molecule has 0 bridgehead atoms. The van der Waals surface area contributed by atoms with Crippen LogP contribution in [0.4, 0.5) is 10.1 Å². The van der Waals surface area contributed by atoms with Crippen LogP contribution in [-0.2, 0) is 11.2 Å². The van der Waals surface area contributed by atoms with E-state index in [-0.39, 0.29) is 30.0 Å². The number of nitrogens with zero attached hydrogens (tertiary/aromatic N) is 3. The number of benzene rings is 2. The molecular formula is C25H25FN4O3. The molecule has 170 valence electrons. The Labute approximate surface area is 191 Å². The Balaban J connectivity index is 1.39. The SMILES string of the molecule is COc1ccc(NC(=O)c2cnc([C@H]3CCN(C(=O)Cc4ccccc4F)C3)nc2C)cc1. The molecule has 1 aliphatic rings. The fraction of sp³-hybridized carbons (Fsp3) is 0.280. The molecule has 1 fully saturated rings. The van der Waals surface area contributed by atoms with Crippen molar-refractivity contribution in [3.63, 3.8) is 0 Å². The van der Waals surface area contributed by atoms with Crippen LogP contribution in [0.3, 0.4) is 0 Å². The van der Waals surface area contributed by atoms with E-state index in [2.05, 4.69) is 15.3 Å². The molecule has 2 amide bonds. The minimum Gasteiger partial charge on any atom is -0.497 e. The summed E-state index contributed by atoms with van der Waals surface area (Å²) < 4.78 is 19.0. The average molecular weight is 448 g/mol. The van der Waals surface area contributed by atoms with Crippen molar-refractivity contribution in [1.82, 2.24) is 14.9 Å². The predicted molar refractivity (Wildman–Crippen MR) is 122 cm³/mol. The zero-order valence-electron chi connectivity index (χ0n) is 18.5. The van der Waals surface area contributed by atoms with E-state index >= 15 is 0 Å². The lowest BCUT2D eigenvalue weighted by Crippen LogP contribution is -2.30. The highest BCUT2D eigenvalue weighted by molar-refractivity contribution is 6.04. The molecule has 7 nitrogen and oxygen atoms in total. The summed E-state index contributed by atoms with van der Waals surface area (Å²) in [6, 6.07) is 13.4. The number of nitrogens with one attached hydrogen (secondary N) is 1. The van der Waals surface area contributed by atoms with Crippen LogP contribution < -0.4 is 10.1 Å². The van der Waals surface area contributed by atoms with Gasteiger partial charge in [0.2, 0.25) is 5.91 Å². The first-order chi connectivity index (χ1) is 15.9. The monoisotopic (exact) mass is 448 g/mol. The number of hydrogen-bond acceptors (Lipinski definition) is 5. The lowest BCUT2D eigenvalue weighted by Gasteiger charge is -2.17. The summed E-state index contributed by atoms with van der Waals surface area (Å²) >= 11 is 0. The number of aromatic nitrogens is 2. The Morgan fingerprint density at radius 1 is 1.18 bits per heavy atom. The number of ether oxygens (including phenoxy) is 1. The molecule has 0 aliphatic carbocycles. The number of carbonyl (C=O) groups is 2. The van der Waals surface area contributed by atoms with Gasteiger partial charge in [-0.3, -0.25) is 9.59 Å². The summed E-state index contributed by atoms with van der Waals surface area (Å²) in [5.41, 5.74) is 2.00. The first-order valence-electron chi connectivity index (χ1n) is 10.7. The summed E-state index contributed by atoms with van der Waals surface area (Å²) in [5, 5.41) is 2.83. The fourth-order valence-corrected chi connectivity index (χ4v) is 3.89. The van der Waals surface area contributed by atoms with Crippen LogP contribution in [0.2, 0.25) is 0 Å². The molecule has 0 spiro atoms. The Morgan fingerprint density at radius 2 is 1.94 bits per heavy atom. The second-order valence-electron chi connectivity index (χ2n) is 8.00. The van der Waals surface area contributed by atoms with Crippen LogP contribution in [0.1, 0.15) is 39.8 Å². The third kappa shape index (κ3) is 5.16. The van der Waals surface area contributed by atoms with E-state index in [9.17, 15) is 14.0 Å². The summed E-state index contributed by atoms with van der Waals surface area (Å²) in [4.78, 5) is 36.0. The van der Waals surface area contributed by atoms with Crippen molar-refractivity contribution in [3.8, 4) is 5.75 Å². The van der Waals surface area contributed by atoms with Crippen LogP contribution >= 0.6 is 0 Å². The van der Waals surface area contributed by atoms with E-state index in [0.29, 0.717) is 47.2 Å². The van der Waals surface area contributed by atoms with Gasteiger partial charge in [-0.2, -0.15) is 0 Å². The van der Waals surface area contributed by atoms with Crippen LogP contribution in [0, 0.1) is 12.7 Å². The van der Waals surface area contributed by atoms with E-state index in [1.807, 2.05) is 0 Å². The zero-order valence-corrected chi connectivity index (χ0v) is 18.5. The Kier molecular flexibility index (Phi) is 6.63. The minimum atomic E-state index is -0.371. The van der Waals surface area contributed by atoms with Crippen molar-refractivity contribution < 1.29 is 18.7 Å². The van der Waals surface area contributed by atoms with Gasteiger partial charge in [0.15, 0.2) is 0 Å². The molecule has 0 radical (unpaired) electrons. The second kappa shape index (κ2) is 9.77. The maximum Gasteiger partial charge on any atom is 0.259 e. The van der Waals surface area contributed by atoms with E-state index in [4.69, 9.17) is 4.74 Å². The fourth-order valence-electron chi connectivity index (χ4n) is 3.89. The Bertz CT molecular complexity index is 1170. The molecule has 2 heterocycles. The van der Waals surface area contributed by atoms with E-state index < -0.39 is 0 Å². The molecule has 1 atom stereocenters. The van der Waals surface area contributed by atoms with Gasteiger partial charge in [-0.1, -0.05) is 18.2 Å². The molecule has 1 aromatic heterocycles. The smallest absolute Gasteiger partial charge is 0.259 e. The molecular weight excluding hydrogens is 423 g/mol. The van der Waals surface area contributed by atoms with Gasteiger partial charge in [0, 0.05) is 30.9 Å². The molecule has 4 rings (SSSR count). The lowest BCUT2D eigenvalue weighted by molar-refractivity contribution is -0.129. The molecule has 33 heavy (non-hydrogen) atoms. The summed E-state index contributed by atoms with van der Waals surface area (Å²) in [7, 11) is 1.58. The van der Waals surface area contributed by atoms with Gasteiger partial charge in [-0.25, -0.2) is 14.4 Å². The van der Waals surface area contributed by atoms with Crippen molar-refractivity contribution in [2.45, 2.75) is 25.7 Å². The first kappa shape index (κ1) is 22.4. The molecule has 0 unspecified atom stereocenters. The highest BCUT2D eigenvalue weighted by atomic mass is 19.1. The predicted octanol–water partition coefficient (Wildman–Crippen LogP) is 3.74. The largest absolute Gasteiger partial charge is 0.497 e. The number of carbonyl (C=O) groups excluding carboxylic acids is 2. The van der Waals surface area contributed by atoms with E-state index in [0.717, 1.165) is 6.42 Å². The van der Waals surface area contributed by atoms with Gasteiger partial charge < -0.3 is 15.0 Å². The van der Waals surface area contributed by atoms with Crippen molar-refractivity contribution in [2.24, 2.45) is 0 Å². The van der Waals surface area contributed by atoms with Gasteiger partial charge in [-0.15, -0.1) is 0 Å². The number of hydrogen-bond donors (Lipinski definition) is 1. The molecule has 0 saturated carbocycles. The van der Waals surface area contributed by atoms with Crippen LogP contribution in [0.15, 0.2) is 54.7 Å². The standard InChI is InChI=1S/C25H25FN4O3/c1-16-21(25(32)29-19-7-9-20(33-2)10-8-19)14-27-24(28-16)18-11-12-30(15-18)23(31)13-17-5-3-4-6-22(17)26/h3-10,14,18H,11-13,15H2,1-2H3,(H,29,32)/t18-/m0/s1.